The van der Waals surface area contributed by atoms with Crippen molar-refractivity contribution < 1.29 is 13.5 Å². The molecule has 0 aromatic rings. The molecular weight excluding hydrogens is 226 g/mol. The zero-order chi connectivity index (χ0) is 12.2. The Balaban J connectivity index is 2.64. The molecule has 2 unspecified atom stereocenters. The Morgan fingerprint density at radius 2 is 1.94 bits per heavy atom. The van der Waals surface area contributed by atoms with Gasteiger partial charge < -0.3 is 5.11 Å². The van der Waals surface area contributed by atoms with Crippen molar-refractivity contribution in [3.8, 4) is 0 Å². The number of hydrogen-bond donors (Lipinski definition) is 1. The standard InChI is InChI=1S/C11H23NO3S/c1-3-4-9-16(14,15)12(2)10-7-5-6-8-11(10)13/h10-11,13H,3-9H2,1-2H3. The van der Waals surface area contributed by atoms with E-state index in [1.54, 1.807) is 7.05 Å². The van der Waals surface area contributed by atoms with E-state index in [1.807, 2.05) is 6.92 Å². The highest BCUT2D eigenvalue weighted by Crippen LogP contribution is 2.24. The molecule has 16 heavy (non-hydrogen) atoms. The Hall–Kier alpha value is -0.130. The monoisotopic (exact) mass is 249 g/mol. The van der Waals surface area contributed by atoms with Gasteiger partial charge in [-0.2, -0.15) is 4.31 Å². The fraction of sp³-hybridized carbons (Fsp3) is 1.00. The number of unbranched alkanes of at least 4 members (excludes halogenated alkanes) is 1. The first-order chi connectivity index (χ1) is 7.49. The van der Waals surface area contributed by atoms with Gasteiger partial charge in [-0.3, -0.25) is 0 Å². The summed E-state index contributed by atoms with van der Waals surface area (Å²) >= 11 is 0. The van der Waals surface area contributed by atoms with Gasteiger partial charge in [0.25, 0.3) is 0 Å². The van der Waals surface area contributed by atoms with Crippen LogP contribution in [0.4, 0.5) is 0 Å². The Kier molecular flexibility index (Phi) is 5.21. The summed E-state index contributed by atoms with van der Waals surface area (Å²) in [6.45, 7) is 1.98. The van der Waals surface area contributed by atoms with Gasteiger partial charge in [0.15, 0.2) is 0 Å². The number of aliphatic hydroxyl groups excluding tert-OH is 1. The van der Waals surface area contributed by atoms with Gasteiger partial charge >= 0.3 is 0 Å². The maximum atomic E-state index is 11.9. The second-order valence-corrected chi connectivity index (χ2v) is 6.75. The van der Waals surface area contributed by atoms with Gasteiger partial charge in [-0.25, -0.2) is 8.42 Å². The molecule has 1 aliphatic rings. The van der Waals surface area contributed by atoms with Crippen LogP contribution in [0.25, 0.3) is 0 Å². The van der Waals surface area contributed by atoms with Gasteiger partial charge in [-0.15, -0.1) is 0 Å². The third-order valence-electron chi connectivity index (χ3n) is 3.36. The van der Waals surface area contributed by atoms with E-state index in [4.69, 9.17) is 0 Å². The average Bonchev–Trinajstić information content (AvgIpc) is 2.26. The molecule has 0 spiro atoms. The number of sulfonamides is 1. The first kappa shape index (κ1) is 13.9. The van der Waals surface area contributed by atoms with Crippen molar-refractivity contribution >= 4 is 10.0 Å². The summed E-state index contributed by atoms with van der Waals surface area (Å²) in [5, 5.41) is 9.82. The normalized spacial score (nSPS) is 27.2. The van der Waals surface area contributed by atoms with Crippen molar-refractivity contribution in [2.24, 2.45) is 0 Å². The highest BCUT2D eigenvalue weighted by atomic mass is 32.2. The van der Waals surface area contributed by atoms with E-state index < -0.39 is 16.1 Å². The van der Waals surface area contributed by atoms with Crippen molar-refractivity contribution in [3.63, 3.8) is 0 Å². The first-order valence-electron chi connectivity index (χ1n) is 6.13. The fourth-order valence-corrected chi connectivity index (χ4v) is 3.79. The highest BCUT2D eigenvalue weighted by molar-refractivity contribution is 7.89. The topological polar surface area (TPSA) is 57.6 Å². The lowest BCUT2D eigenvalue weighted by Gasteiger charge is -2.34. The number of hydrogen-bond acceptors (Lipinski definition) is 3. The maximum absolute atomic E-state index is 11.9. The second kappa shape index (κ2) is 5.98. The molecule has 1 rings (SSSR count). The van der Waals surface area contributed by atoms with Gasteiger partial charge in [0.2, 0.25) is 10.0 Å². The zero-order valence-electron chi connectivity index (χ0n) is 10.2. The van der Waals surface area contributed by atoms with E-state index in [9.17, 15) is 13.5 Å². The number of aliphatic hydroxyl groups is 1. The van der Waals surface area contributed by atoms with Gasteiger partial charge in [0, 0.05) is 7.05 Å². The summed E-state index contributed by atoms with van der Waals surface area (Å²) in [5.74, 6) is 0.198. The largest absolute Gasteiger partial charge is 0.391 e. The molecule has 1 N–H and O–H groups in total. The van der Waals surface area contributed by atoms with Gasteiger partial charge in [0.05, 0.1) is 17.9 Å². The van der Waals surface area contributed by atoms with Crippen molar-refractivity contribution in [1.29, 1.82) is 0 Å². The minimum Gasteiger partial charge on any atom is -0.391 e. The smallest absolute Gasteiger partial charge is 0.214 e. The Morgan fingerprint density at radius 3 is 2.50 bits per heavy atom. The second-order valence-electron chi connectivity index (χ2n) is 4.60. The van der Waals surface area contributed by atoms with E-state index >= 15 is 0 Å². The predicted octanol–water partition coefficient (Wildman–Crippen LogP) is 1.35. The van der Waals surface area contributed by atoms with Crippen molar-refractivity contribution in [1.82, 2.24) is 4.31 Å². The van der Waals surface area contributed by atoms with Crippen LogP contribution in [0.1, 0.15) is 45.4 Å². The minimum atomic E-state index is -3.18. The first-order valence-corrected chi connectivity index (χ1v) is 7.73. The van der Waals surface area contributed by atoms with E-state index in [-0.39, 0.29) is 11.8 Å². The van der Waals surface area contributed by atoms with Crippen LogP contribution in [0.5, 0.6) is 0 Å². The van der Waals surface area contributed by atoms with Gasteiger partial charge in [-0.1, -0.05) is 26.2 Å². The van der Waals surface area contributed by atoms with Crippen molar-refractivity contribution in [2.75, 3.05) is 12.8 Å². The molecule has 1 aliphatic carbocycles. The summed E-state index contributed by atoms with van der Waals surface area (Å²) in [5.41, 5.74) is 0. The molecule has 1 saturated carbocycles. The van der Waals surface area contributed by atoms with Gasteiger partial charge in [0.1, 0.15) is 0 Å². The molecule has 1 fully saturated rings. The molecule has 0 bridgehead atoms. The van der Waals surface area contributed by atoms with Crippen LogP contribution in [0.3, 0.4) is 0 Å². The Morgan fingerprint density at radius 1 is 1.31 bits per heavy atom. The lowest BCUT2D eigenvalue weighted by molar-refractivity contribution is 0.0638. The summed E-state index contributed by atoms with van der Waals surface area (Å²) in [6.07, 6.45) is 4.59. The van der Waals surface area contributed by atoms with E-state index in [1.165, 1.54) is 4.31 Å². The molecular formula is C11H23NO3S. The summed E-state index contributed by atoms with van der Waals surface area (Å²) in [6, 6.07) is -0.212. The molecule has 0 aromatic heterocycles. The van der Waals surface area contributed by atoms with Crippen LogP contribution >= 0.6 is 0 Å². The van der Waals surface area contributed by atoms with Crippen molar-refractivity contribution in [2.45, 2.75) is 57.6 Å². The maximum Gasteiger partial charge on any atom is 0.214 e. The van der Waals surface area contributed by atoms with Crippen LogP contribution in [0.15, 0.2) is 0 Å². The molecule has 0 amide bonds. The quantitative estimate of drug-likeness (QED) is 0.800. The van der Waals surface area contributed by atoms with E-state index in [2.05, 4.69) is 0 Å². The summed E-state index contributed by atoms with van der Waals surface area (Å²) in [7, 11) is -1.58. The van der Waals surface area contributed by atoms with Crippen molar-refractivity contribution in [3.05, 3.63) is 0 Å². The third-order valence-corrected chi connectivity index (χ3v) is 5.31. The third kappa shape index (κ3) is 3.43. The number of nitrogens with zero attached hydrogens (tertiary/aromatic N) is 1. The molecule has 96 valence electrons. The van der Waals surface area contributed by atoms with Crippen LogP contribution in [0.2, 0.25) is 0 Å². The molecule has 5 heteroatoms. The molecule has 0 aromatic carbocycles. The Bertz CT molecular complexity index is 302. The van der Waals surface area contributed by atoms with E-state index in [0.29, 0.717) is 6.42 Å². The van der Waals surface area contributed by atoms with Crippen LogP contribution < -0.4 is 0 Å². The molecule has 0 radical (unpaired) electrons. The minimum absolute atomic E-state index is 0.198. The molecule has 2 atom stereocenters. The number of likely N-dealkylation sites (N-methyl/N-ethyl adjacent to an activating group) is 1. The highest BCUT2D eigenvalue weighted by Gasteiger charge is 2.32. The molecule has 0 heterocycles. The molecule has 4 nitrogen and oxygen atoms in total. The predicted molar refractivity (Wildman–Crippen MR) is 64.7 cm³/mol. The summed E-state index contributed by atoms with van der Waals surface area (Å²) in [4.78, 5) is 0. The van der Waals surface area contributed by atoms with Crippen LogP contribution in [0, 0.1) is 0 Å². The zero-order valence-corrected chi connectivity index (χ0v) is 11.0. The molecule has 0 saturated heterocycles. The average molecular weight is 249 g/mol. The van der Waals surface area contributed by atoms with E-state index in [0.717, 1.165) is 32.1 Å². The fourth-order valence-electron chi connectivity index (χ4n) is 2.19. The van der Waals surface area contributed by atoms with Crippen LogP contribution in [-0.2, 0) is 10.0 Å². The number of rotatable bonds is 5. The molecule has 0 aliphatic heterocycles. The Labute approximate surface area is 98.7 Å². The lowest BCUT2D eigenvalue weighted by Crippen LogP contribution is -2.46. The lowest BCUT2D eigenvalue weighted by atomic mass is 9.93. The summed E-state index contributed by atoms with van der Waals surface area (Å²) < 4.78 is 25.3. The SMILES string of the molecule is CCCCS(=O)(=O)N(C)C1CCCCC1O. The van der Waals surface area contributed by atoms with Crippen LogP contribution in [-0.4, -0.2) is 42.8 Å². The van der Waals surface area contributed by atoms with Gasteiger partial charge in [-0.05, 0) is 19.3 Å².